The highest BCUT2D eigenvalue weighted by Gasteiger charge is 2.60. The lowest BCUT2D eigenvalue weighted by molar-refractivity contribution is -0.329. The number of aliphatic hydroxyl groups excluding tert-OH is 1. The van der Waals surface area contributed by atoms with Gasteiger partial charge in [0.2, 0.25) is 0 Å². The van der Waals surface area contributed by atoms with E-state index in [-0.39, 0.29) is 36.6 Å². The average molecular weight is 1010 g/mol. The first kappa shape index (κ1) is 50.3. The first-order chi connectivity index (χ1) is 30.4. The molecule has 4 fully saturated rings. The van der Waals surface area contributed by atoms with Crippen LogP contribution < -0.4 is 0 Å². The van der Waals surface area contributed by atoms with Crippen molar-refractivity contribution in [1.82, 2.24) is 0 Å². The molecule has 1 unspecified atom stereocenters. The number of carbonyl (C=O) groups is 1. The highest BCUT2D eigenvalue weighted by atomic mass is 127. The van der Waals surface area contributed by atoms with Crippen LogP contribution in [0.1, 0.15) is 93.9 Å². The molecule has 1 spiro atoms. The van der Waals surface area contributed by atoms with E-state index < -0.39 is 96.4 Å². The van der Waals surface area contributed by atoms with Gasteiger partial charge in [-0.2, -0.15) is 0 Å². The Kier molecular flexibility index (Phi) is 16.2. The molecule has 0 saturated carbocycles. The molecule has 0 amide bonds. The van der Waals surface area contributed by atoms with Crippen LogP contribution in [0.3, 0.4) is 0 Å². The van der Waals surface area contributed by atoms with Crippen molar-refractivity contribution in [2.45, 2.75) is 191 Å². The monoisotopic (exact) mass is 1010 g/mol. The van der Waals surface area contributed by atoms with E-state index in [1.165, 1.54) is 0 Å². The Morgan fingerprint density at radius 1 is 0.938 bits per heavy atom. The summed E-state index contributed by atoms with van der Waals surface area (Å²) in [5.41, 5.74) is -1.01. The van der Waals surface area contributed by atoms with Gasteiger partial charge in [-0.15, -0.1) is 0 Å². The number of carbonyl (C=O) groups excluding carboxylic acids is 1. The summed E-state index contributed by atoms with van der Waals surface area (Å²) in [5, 5.41) is 35.0. The first-order valence-corrected chi connectivity index (χ1v) is 24.9. The number of hydrogen-bond acceptors (Lipinski definition) is 14. The van der Waals surface area contributed by atoms with Gasteiger partial charge in [-0.25, -0.2) is 0 Å². The number of allylic oxidation sites excluding steroid dienone is 2. The van der Waals surface area contributed by atoms with Crippen LogP contribution in [0, 0.1) is 23.7 Å². The van der Waals surface area contributed by atoms with Crippen LogP contribution in [0.5, 0.6) is 0 Å². The lowest BCUT2D eigenvalue weighted by Gasteiger charge is -2.48. The molecule has 0 radical (unpaired) electrons. The van der Waals surface area contributed by atoms with E-state index in [9.17, 15) is 20.1 Å². The topological polar surface area (TPSA) is 170 Å². The van der Waals surface area contributed by atoms with Crippen molar-refractivity contribution in [2.24, 2.45) is 23.7 Å². The number of ether oxygens (including phenoxy) is 10. The molecule has 64 heavy (non-hydrogen) atoms. The molecule has 6 aliphatic heterocycles. The first-order valence-electron chi connectivity index (χ1n) is 23.4. The third-order valence-electron chi connectivity index (χ3n) is 15.1. The molecule has 7 rings (SSSR count). The molecule has 3 N–H and O–H groups in total. The summed E-state index contributed by atoms with van der Waals surface area (Å²) in [7, 11) is 3.25. The third-order valence-corrected chi connectivity index (χ3v) is 16.3. The van der Waals surface area contributed by atoms with E-state index in [4.69, 9.17) is 47.4 Å². The maximum Gasteiger partial charge on any atom is 0.316 e. The van der Waals surface area contributed by atoms with Gasteiger partial charge in [0, 0.05) is 56.2 Å². The summed E-state index contributed by atoms with van der Waals surface area (Å²) >= 11 is 2.16. The van der Waals surface area contributed by atoms with Crippen molar-refractivity contribution >= 4 is 28.6 Å². The van der Waals surface area contributed by atoms with Crippen LogP contribution in [-0.2, 0) is 52.2 Å². The van der Waals surface area contributed by atoms with Crippen molar-refractivity contribution in [2.75, 3.05) is 25.3 Å². The lowest BCUT2D eigenvalue weighted by Crippen LogP contribution is -2.61. The Bertz CT molecular complexity index is 1800. The van der Waals surface area contributed by atoms with Crippen LogP contribution in [0.2, 0.25) is 0 Å². The van der Waals surface area contributed by atoms with Gasteiger partial charge in [-0.3, -0.25) is 4.79 Å². The molecule has 2 bridgehead atoms. The Morgan fingerprint density at radius 2 is 1.69 bits per heavy atom. The van der Waals surface area contributed by atoms with E-state index in [0.29, 0.717) is 47.7 Å². The summed E-state index contributed by atoms with van der Waals surface area (Å²) in [4.78, 5) is 14.4. The van der Waals surface area contributed by atoms with Crippen LogP contribution >= 0.6 is 22.6 Å². The molecule has 0 aromatic carbocycles. The summed E-state index contributed by atoms with van der Waals surface area (Å²) in [6.07, 6.45) is 9.11. The van der Waals surface area contributed by atoms with E-state index in [1.54, 1.807) is 33.3 Å². The Labute approximate surface area is 393 Å². The third kappa shape index (κ3) is 9.95. The van der Waals surface area contributed by atoms with Gasteiger partial charge in [0.1, 0.15) is 41.5 Å². The molecule has 360 valence electrons. The zero-order valence-corrected chi connectivity index (χ0v) is 41.4. The van der Waals surface area contributed by atoms with Crippen LogP contribution in [0.4, 0.5) is 0 Å². The van der Waals surface area contributed by atoms with Crippen LogP contribution in [-0.4, -0.2) is 143 Å². The second-order valence-corrected chi connectivity index (χ2v) is 20.2. The minimum absolute atomic E-state index is 0.0303. The Hall–Kier alpha value is -1.58. The highest BCUT2D eigenvalue weighted by molar-refractivity contribution is 14.1. The van der Waals surface area contributed by atoms with Gasteiger partial charge in [-0.05, 0) is 62.8 Å². The number of esters is 1. The van der Waals surface area contributed by atoms with Crippen molar-refractivity contribution in [1.29, 1.82) is 0 Å². The SMILES string of the molecule is CCC(C)[C@H]1O[C@]2(C=C[C@@H]1C)C[C@@H]1C[C@@H](C/C=C(\C)[C@@H](O[C@H]3C[C@H](OC)[C@@H](O[C@H]4C[C@H](OC)[C@@](O)(CI)[C@H](C)O4)[C@H](C)O3)[C@@H](C)/C=C/C=C3\CO[C@@H]4[C@H](O)C(C)=C[C@@H](C(=O)O1)[C@]34O)O2. The fourth-order valence-electron chi connectivity index (χ4n) is 10.9. The number of hydrogen-bond donors (Lipinski definition) is 3. The van der Waals surface area contributed by atoms with Crippen LogP contribution in [0.15, 0.2) is 59.3 Å². The van der Waals surface area contributed by atoms with Gasteiger partial charge in [0.15, 0.2) is 18.4 Å². The summed E-state index contributed by atoms with van der Waals surface area (Å²) in [6.45, 7) is 16.1. The fraction of sp³-hybridized carbons (Fsp3) is 0.776. The molecule has 0 aromatic heterocycles. The Balaban J connectivity index is 1.17. The molecular weight excluding hydrogens is 939 g/mol. The maximum absolute atomic E-state index is 14.4. The maximum atomic E-state index is 14.4. The predicted molar refractivity (Wildman–Crippen MR) is 245 cm³/mol. The number of halogens is 1. The summed E-state index contributed by atoms with van der Waals surface area (Å²) in [5.74, 6) is -2.58. The van der Waals surface area contributed by atoms with Crippen molar-refractivity contribution in [3.05, 3.63) is 59.3 Å². The van der Waals surface area contributed by atoms with Crippen molar-refractivity contribution in [3.8, 4) is 0 Å². The molecule has 14 nitrogen and oxygen atoms in total. The van der Waals surface area contributed by atoms with Gasteiger partial charge in [0.05, 0.1) is 49.3 Å². The number of alkyl halides is 1. The van der Waals surface area contributed by atoms with E-state index >= 15 is 0 Å². The van der Waals surface area contributed by atoms with Gasteiger partial charge in [0.25, 0.3) is 0 Å². The minimum atomic E-state index is -1.84. The summed E-state index contributed by atoms with van der Waals surface area (Å²) in [6, 6.07) is 0. The number of aliphatic hydroxyl groups is 3. The highest BCUT2D eigenvalue weighted by Crippen LogP contribution is 2.47. The van der Waals surface area contributed by atoms with Gasteiger partial charge in [-0.1, -0.05) is 93.2 Å². The molecule has 20 atom stereocenters. The Morgan fingerprint density at radius 3 is 2.39 bits per heavy atom. The molecule has 0 aromatic rings. The number of methoxy groups -OCH3 is 2. The smallest absolute Gasteiger partial charge is 0.316 e. The molecule has 7 aliphatic rings. The van der Waals surface area contributed by atoms with Gasteiger partial charge >= 0.3 is 5.97 Å². The predicted octanol–water partition coefficient (Wildman–Crippen LogP) is 6.18. The zero-order valence-electron chi connectivity index (χ0n) is 39.2. The fourth-order valence-corrected chi connectivity index (χ4v) is 12.0. The van der Waals surface area contributed by atoms with E-state index in [1.807, 2.05) is 39.0 Å². The molecular formula is C49H73IO14. The standard InChI is InChI=1S/C49H73IO14/c1-11-26(2)43-29(5)17-18-47(64-43)23-35-20-34(63-47)16-15-28(4)42(27(3)13-12-14-33-24-57-45-41(51)30(6)19-36(46(52)60-35)49(33,45)54)61-39-21-37(55-9)44(31(7)58-39)62-40-22-38(56-10)48(53,25-50)32(8)59-40/h12-15,17-19,26-27,29,31-32,34-45,51,53-54H,11,16,20-25H2,1-10H3/b13-12+,28-15+,33-14+/t26?,27-,29-,31-,32-,34+,35-,36-,37-,38-,39-,40-,41+,42-,43+,44-,45+,47+,48+,49+/m0/s1. The number of rotatable bonds is 9. The minimum Gasteiger partial charge on any atom is -0.462 e. The average Bonchev–Trinajstić information content (AvgIpc) is 3.61. The molecule has 6 heterocycles. The van der Waals surface area contributed by atoms with E-state index in [0.717, 1.165) is 12.0 Å². The van der Waals surface area contributed by atoms with Crippen LogP contribution in [0.25, 0.3) is 0 Å². The quantitative estimate of drug-likeness (QED) is 0.104. The second-order valence-electron chi connectivity index (χ2n) is 19.5. The molecule has 4 saturated heterocycles. The summed E-state index contributed by atoms with van der Waals surface area (Å²) < 4.78 is 64.7. The normalized spacial score (nSPS) is 49.2. The molecule has 1 aliphatic carbocycles. The lowest BCUT2D eigenvalue weighted by atomic mass is 9.71. The van der Waals surface area contributed by atoms with Crippen molar-refractivity contribution in [3.63, 3.8) is 0 Å². The zero-order chi connectivity index (χ0) is 46.3. The largest absolute Gasteiger partial charge is 0.462 e. The number of fused-ring (bicyclic) bond motifs is 2. The van der Waals surface area contributed by atoms with E-state index in [2.05, 4.69) is 62.4 Å². The molecule has 15 heteroatoms. The van der Waals surface area contributed by atoms with Gasteiger partial charge < -0.3 is 62.7 Å². The van der Waals surface area contributed by atoms with Crippen molar-refractivity contribution < 1.29 is 67.5 Å². The second kappa shape index (κ2) is 20.6.